The molecule has 0 fully saturated rings. The van der Waals surface area contributed by atoms with Crippen LogP contribution in [0.15, 0.2) is 328 Å². The molecule has 5 nitrogen and oxygen atoms in total. The van der Waals surface area contributed by atoms with Crippen molar-refractivity contribution < 1.29 is 0 Å². The largest absolute Gasteiger partial charge is 0.311 e. The first-order valence-electron chi connectivity index (χ1n) is 30.2. The van der Waals surface area contributed by atoms with Crippen molar-refractivity contribution in [3.05, 3.63) is 328 Å². The summed E-state index contributed by atoms with van der Waals surface area (Å²) < 4.78 is 2.47. The summed E-state index contributed by atoms with van der Waals surface area (Å²) in [6, 6.07) is 119. The summed E-state index contributed by atoms with van der Waals surface area (Å²) in [5, 5.41) is 2.37. The fourth-order valence-corrected chi connectivity index (χ4v) is 13.8. The highest BCUT2D eigenvalue weighted by Gasteiger charge is 2.44. The lowest BCUT2D eigenvalue weighted by Crippen LogP contribution is -2.61. The Morgan fingerprint density at radius 1 is 0.261 bits per heavy atom. The topological polar surface area (TPSA) is 37.2 Å². The third-order valence-electron chi connectivity index (χ3n) is 17.8. The Morgan fingerprint density at radius 3 is 1.19 bits per heavy atom. The number of fused-ring (bicyclic) bond motifs is 7. The zero-order valence-electron chi connectivity index (χ0n) is 48.0. The van der Waals surface area contributed by atoms with E-state index in [1.807, 2.05) is 0 Å². The number of aromatic nitrogens is 3. The van der Waals surface area contributed by atoms with Crippen LogP contribution in [0, 0.1) is 0 Å². The van der Waals surface area contributed by atoms with Crippen LogP contribution in [0.1, 0.15) is 0 Å². The fourth-order valence-electron chi connectivity index (χ4n) is 13.8. The highest BCUT2D eigenvalue weighted by Crippen LogP contribution is 2.49. The van der Waals surface area contributed by atoms with Crippen molar-refractivity contribution in [3.63, 3.8) is 0 Å². The van der Waals surface area contributed by atoms with Gasteiger partial charge in [-0.1, -0.05) is 237 Å². The van der Waals surface area contributed by atoms with E-state index in [1.54, 1.807) is 0 Å². The molecular formula is C82H54BN5. The molecule has 4 heterocycles. The minimum absolute atomic E-state index is 0.00868. The average Bonchev–Trinajstić information content (AvgIpc) is 1.13. The number of hydrogen-bond donors (Lipinski definition) is 0. The molecule has 0 saturated heterocycles. The van der Waals surface area contributed by atoms with Gasteiger partial charge >= 0.3 is 0 Å². The van der Waals surface area contributed by atoms with E-state index in [-0.39, 0.29) is 6.71 Å². The first-order chi connectivity index (χ1) is 43.7. The second-order valence-electron chi connectivity index (χ2n) is 22.8. The predicted molar refractivity (Wildman–Crippen MR) is 368 cm³/mol. The summed E-state index contributed by atoms with van der Waals surface area (Å²) in [5.74, 6) is 0.655. The fraction of sp³-hybridized carbons (Fsp3) is 0. The summed E-state index contributed by atoms with van der Waals surface area (Å²) in [5.41, 5.74) is 27.9. The van der Waals surface area contributed by atoms with E-state index >= 15 is 0 Å². The zero-order chi connectivity index (χ0) is 58.1. The second-order valence-corrected chi connectivity index (χ2v) is 22.8. The maximum Gasteiger partial charge on any atom is 0.252 e. The standard InChI is InChI=1S/C82H54BN5/c1-7-23-55(24-8-1)61-43-47-75-68(51-61)69-52-62(56-25-9-2-10-26-56)44-48-76(69)88(75)74-49-45-63(82-84-72(59-27-11-3-12-28-59)54-73(85-82)60-29-13-4-14-30-60)53-67(74)58-41-39-57(40-42-58)66-46-50-79-80-81(66)87(65-33-17-6-18-34-65)78-38-22-20-36-71(78)83(80)70-35-19-21-37-77(70)86(79)64-31-15-5-16-32-64/h1-54H. The van der Waals surface area contributed by atoms with Gasteiger partial charge in [0.15, 0.2) is 5.82 Å². The lowest BCUT2D eigenvalue weighted by Gasteiger charge is -2.45. The van der Waals surface area contributed by atoms with Gasteiger partial charge in [-0.3, -0.25) is 0 Å². The first-order valence-corrected chi connectivity index (χ1v) is 30.2. The van der Waals surface area contributed by atoms with Gasteiger partial charge < -0.3 is 14.4 Å². The van der Waals surface area contributed by atoms with Gasteiger partial charge in [0.05, 0.1) is 33.8 Å². The van der Waals surface area contributed by atoms with Crippen LogP contribution < -0.4 is 26.2 Å². The quantitative estimate of drug-likeness (QED) is 0.128. The Bertz CT molecular complexity index is 4970. The molecule has 0 N–H and O–H groups in total. The van der Waals surface area contributed by atoms with Crippen LogP contribution in [-0.4, -0.2) is 21.2 Å². The van der Waals surface area contributed by atoms with Crippen molar-refractivity contribution in [2.75, 3.05) is 9.80 Å². The molecule has 13 aromatic carbocycles. The number of anilines is 6. The van der Waals surface area contributed by atoms with Gasteiger partial charge in [0.25, 0.3) is 6.71 Å². The van der Waals surface area contributed by atoms with E-state index in [0.29, 0.717) is 5.82 Å². The molecule has 15 aromatic rings. The Kier molecular flexibility index (Phi) is 12.2. The van der Waals surface area contributed by atoms with Crippen molar-refractivity contribution in [2.24, 2.45) is 0 Å². The first kappa shape index (κ1) is 50.9. The molecule has 0 aliphatic carbocycles. The van der Waals surface area contributed by atoms with Gasteiger partial charge in [0.1, 0.15) is 0 Å². The number of rotatable bonds is 10. The molecule has 0 amide bonds. The van der Waals surface area contributed by atoms with E-state index in [9.17, 15) is 0 Å². The Hall–Kier alpha value is -11.6. The number of hydrogen-bond acceptors (Lipinski definition) is 4. The van der Waals surface area contributed by atoms with E-state index < -0.39 is 0 Å². The average molecular weight is 1120 g/mol. The molecule has 0 unspecified atom stereocenters. The molecule has 2 aliphatic heterocycles. The van der Waals surface area contributed by atoms with Crippen molar-refractivity contribution in [3.8, 4) is 84.1 Å². The van der Waals surface area contributed by atoms with Crippen molar-refractivity contribution in [1.82, 2.24) is 14.5 Å². The molecule has 0 radical (unpaired) electrons. The van der Waals surface area contributed by atoms with Crippen LogP contribution >= 0.6 is 0 Å². The third kappa shape index (κ3) is 8.56. The van der Waals surface area contributed by atoms with Crippen LogP contribution in [0.2, 0.25) is 0 Å². The maximum absolute atomic E-state index is 5.38. The molecule has 0 saturated carbocycles. The van der Waals surface area contributed by atoms with E-state index in [0.717, 1.165) is 78.4 Å². The summed E-state index contributed by atoms with van der Waals surface area (Å²) in [4.78, 5) is 15.7. The Labute approximate surface area is 512 Å². The third-order valence-corrected chi connectivity index (χ3v) is 17.8. The second kappa shape index (κ2) is 21.2. The molecule has 2 aromatic heterocycles. The predicted octanol–water partition coefficient (Wildman–Crippen LogP) is 19.3. The summed E-state index contributed by atoms with van der Waals surface area (Å²) in [6.07, 6.45) is 0. The van der Waals surface area contributed by atoms with Gasteiger partial charge in [0, 0.05) is 67.0 Å². The number of nitrogens with zero attached hydrogens (tertiary/aromatic N) is 5. The molecule has 0 spiro atoms. The summed E-state index contributed by atoms with van der Waals surface area (Å²) in [6.45, 7) is -0.00868. The van der Waals surface area contributed by atoms with Gasteiger partial charge in [-0.15, -0.1) is 0 Å². The van der Waals surface area contributed by atoms with Gasteiger partial charge in [-0.25, -0.2) is 9.97 Å². The highest BCUT2D eigenvalue weighted by molar-refractivity contribution is 7.00. The van der Waals surface area contributed by atoms with Crippen LogP contribution in [0.4, 0.5) is 34.1 Å². The number of benzene rings is 13. The lowest BCUT2D eigenvalue weighted by molar-refractivity contribution is 1.16. The lowest BCUT2D eigenvalue weighted by atomic mass is 9.33. The van der Waals surface area contributed by atoms with Crippen molar-refractivity contribution in [1.29, 1.82) is 0 Å². The van der Waals surface area contributed by atoms with E-state index in [2.05, 4.69) is 342 Å². The SMILES string of the molecule is c1ccc(-c2ccc3c(c2)c2cc(-c4ccccc4)ccc2n3-c2ccc(-c3nc(-c4ccccc4)cc(-c4ccccc4)n3)cc2-c2ccc(-c3ccc4c5c3N(c3ccccc3)c3ccccc3B5c3ccccc3N4c3ccccc3)cc2)cc1. The normalized spacial score (nSPS) is 12.2. The van der Waals surface area contributed by atoms with Crippen LogP contribution in [0.25, 0.3) is 106 Å². The minimum Gasteiger partial charge on any atom is -0.311 e. The van der Waals surface area contributed by atoms with Gasteiger partial charge in [0.2, 0.25) is 0 Å². The van der Waals surface area contributed by atoms with Crippen molar-refractivity contribution >= 4 is 79.0 Å². The summed E-state index contributed by atoms with van der Waals surface area (Å²) >= 11 is 0. The Morgan fingerprint density at radius 2 is 0.670 bits per heavy atom. The molecule has 6 heteroatoms. The molecule has 0 atom stereocenters. The molecular weight excluding hydrogens is 1070 g/mol. The molecule has 17 rings (SSSR count). The molecule has 88 heavy (non-hydrogen) atoms. The van der Waals surface area contributed by atoms with Crippen LogP contribution in [0.5, 0.6) is 0 Å². The van der Waals surface area contributed by atoms with Gasteiger partial charge in [-0.2, -0.15) is 0 Å². The van der Waals surface area contributed by atoms with Crippen LogP contribution in [-0.2, 0) is 0 Å². The van der Waals surface area contributed by atoms with E-state index in [1.165, 1.54) is 72.2 Å². The van der Waals surface area contributed by atoms with Crippen LogP contribution in [0.3, 0.4) is 0 Å². The molecule has 2 aliphatic rings. The van der Waals surface area contributed by atoms with Gasteiger partial charge in [-0.05, 0) is 141 Å². The highest BCUT2D eigenvalue weighted by atomic mass is 15.2. The summed E-state index contributed by atoms with van der Waals surface area (Å²) in [7, 11) is 0. The molecule has 410 valence electrons. The van der Waals surface area contributed by atoms with E-state index in [4.69, 9.17) is 9.97 Å². The minimum atomic E-state index is -0.00868. The monoisotopic (exact) mass is 1120 g/mol. The molecule has 0 bridgehead atoms. The zero-order valence-corrected chi connectivity index (χ0v) is 48.0. The van der Waals surface area contributed by atoms with Crippen molar-refractivity contribution in [2.45, 2.75) is 0 Å². The smallest absolute Gasteiger partial charge is 0.252 e. The Balaban J connectivity index is 0.894. The maximum atomic E-state index is 5.38. The number of para-hydroxylation sites is 4.